The maximum Gasteiger partial charge on any atom is 0.247 e. The quantitative estimate of drug-likeness (QED) is 0.674. The Morgan fingerprint density at radius 3 is 2.84 bits per heavy atom. The van der Waals surface area contributed by atoms with Crippen LogP contribution in [0.2, 0.25) is 0 Å². The van der Waals surface area contributed by atoms with Crippen LogP contribution in [0.1, 0.15) is 18.6 Å². The van der Waals surface area contributed by atoms with E-state index < -0.39 is 10.0 Å². The summed E-state index contributed by atoms with van der Waals surface area (Å²) in [5.74, 6) is 0.885. The minimum Gasteiger partial charge on any atom is -0.495 e. The van der Waals surface area contributed by atoms with Crippen molar-refractivity contribution >= 4 is 26.0 Å². The molecule has 1 fully saturated rings. The number of nitrogens with zero attached hydrogens (tertiary/aromatic N) is 1. The smallest absolute Gasteiger partial charge is 0.247 e. The summed E-state index contributed by atoms with van der Waals surface area (Å²) in [6.45, 7) is 1.09. The van der Waals surface area contributed by atoms with Crippen molar-refractivity contribution in [2.45, 2.75) is 30.4 Å². The van der Waals surface area contributed by atoms with Gasteiger partial charge in [0.15, 0.2) is 0 Å². The van der Waals surface area contributed by atoms with Crippen LogP contribution in [0.4, 0.5) is 0 Å². The van der Waals surface area contributed by atoms with Gasteiger partial charge in [-0.3, -0.25) is 0 Å². The number of sulfonamides is 1. The zero-order valence-corrected chi connectivity index (χ0v) is 16.3. The third-order valence-electron chi connectivity index (χ3n) is 4.09. The van der Waals surface area contributed by atoms with Gasteiger partial charge in [0, 0.05) is 17.6 Å². The van der Waals surface area contributed by atoms with Crippen LogP contribution in [-0.4, -0.2) is 39.1 Å². The summed E-state index contributed by atoms with van der Waals surface area (Å²) in [5.41, 5.74) is 0. The lowest BCUT2D eigenvalue weighted by molar-refractivity contribution is 0.0913. The van der Waals surface area contributed by atoms with E-state index in [9.17, 15) is 8.42 Å². The molecule has 1 unspecified atom stereocenters. The second kappa shape index (κ2) is 7.90. The summed E-state index contributed by atoms with van der Waals surface area (Å²) in [4.78, 5) is 0.119. The van der Waals surface area contributed by atoms with Crippen LogP contribution in [0.15, 0.2) is 50.4 Å². The minimum atomic E-state index is -3.79. The third-order valence-corrected chi connectivity index (χ3v) is 6.41. The van der Waals surface area contributed by atoms with Gasteiger partial charge in [0.05, 0.1) is 26.0 Å². The van der Waals surface area contributed by atoms with Crippen molar-refractivity contribution in [3.05, 3.63) is 46.8 Å². The summed E-state index contributed by atoms with van der Waals surface area (Å²) in [6, 6.07) is 8.43. The molecule has 2 heterocycles. The molecule has 2 aromatic rings. The fourth-order valence-corrected chi connectivity index (χ4v) is 4.96. The number of hydrogen-bond acceptors (Lipinski definition) is 5. The lowest BCUT2D eigenvalue weighted by Gasteiger charge is -2.25. The summed E-state index contributed by atoms with van der Waals surface area (Å²) in [6.07, 6.45) is 3.22. The fourth-order valence-electron chi connectivity index (χ4n) is 2.83. The Kier molecular flexibility index (Phi) is 5.83. The van der Waals surface area contributed by atoms with E-state index in [4.69, 9.17) is 13.9 Å². The van der Waals surface area contributed by atoms with Crippen molar-refractivity contribution in [3.63, 3.8) is 0 Å². The molecule has 25 heavy (non-hydrogen) atoms. The second-order valence-corrected chi connectivity index (χ2v) is 8.63. The third kappa shape index (κ3) is 4.25. The van der Waals surface area contributed by atoms with Gasteiger partial charge < -0.3 is 13.9 Å². The van der Waals surface area contributed by atoms with Crippen LogP contribution in [0, 0.1) is 0 Å². The van der Waals surface area contributed by atoms with E-state index in [1.807, 2.05) is 0 Å². The number of benzene rings is 1. The van der Waals surface area contributed by atoms with E-state index >= 15 is 0 Å². The minimum absolute atomic E-state index is 0.108. The molecule has 1 aliphatic heterocycles. The summed E-state index contributed by atoms with van der Waals surface area (Å²) in [5, 5.41) is 0. The second-order valence-electron chi connectivity index (χ2n) is 5.81. The van der Waals surface area contributed by atoms with Crippen molar-refractivity contribution < 1.29 is 22.3 Å². The van der Waals surface area contributed by atoms with Crippen LogP contribution in [-0.2, 0) is 21.3 Å². The molecule has 136 valence electrons. The van der Waals surface area contributed by atoms with Crippen molar-refractivity contribution in [1.29, 1.82) is 0 Å². The lowest BCUT2D eigenvalue weighted by Crippen LogP contribution is -2.37. The Morgan fingerprint density at radius 2 is 2.20 bits per heavy atom. The van der Waals surface area contributed by atoms with E-state index in [0.29, 0.717) is 22.6 Å². The van der Waals surface area contributed by atoms with E-state index in [2.05, 4.69) is 15.9 Å². The Bertz CT molecular complexity index is 800. The number of furan rings is 1. The van der Waals surface area contributed by atoms with Crippen molar-refractivity contribution in [1.82, 2.24) is 4.31 Å². The van der Waals surface area contributed by atoms with Crippen molar-refractivity contribution in [2.75, 3.05) is 20.3 Å². The molecule has 8 heteroatoms. The standard InChI is InChI=1S/C17H20BrNO5S/c1-22-16-7-6-13(18)10-17(16)25(20,21)19(11-14-4-2-8-23-14)12-15-5-3-9-24-15/h2,4,6-8,10,15H,3,5,9,11-12H2,1H3. The van der Waals surface area contributed by atoms with Gasteiger partial charge in [-0.05, 0) is 43.2 Å². The van der Waals surface area contributed by atoms with Gasteiger partial charge in [-0.2, -0.15) is 4.31 Å². The molecule has 0 saturated carbocycles. The molecular formula is C17H20BrNO5S. The van der Waals surface area contributed by atoms with Crippen molar-refractivity contribution in [3.8, 4) is 5.75 Å². The number of rotatable bonds is 7. The summed E-state index contributed by atoms with van der Waals surface area (Å²) < 4.78 is 44.9. The van der Waals surface area contributed by atoms with Crippen LogP contribution in [0.3, 0.4) is 0 Å². The van der Waals surface area contributed by atoms with Gasteiger partial charge in [-0.1, -0.05) is 15.9 Å². The van der Waals surface area contributed by atoms with E-state index in [1.165, 1.54) is 17.7 Å². The van der Waals surface area contributed by atoms with Gasteiger partial charge in [-0.15, -0.1) is 0 Å². The molecule has 1 aliphatic rings. The average Bonchev–Trinajstić information content (AvgIpc) is 3.28. The van der Waals surface area contributed by atoms with Crippen LogP contribution < -0.4 is 4.74 Å². The highest BCUT2D eigenvalue weighted by molar-refractivity contribution is 9.10. The molecule has 0 bridgehead atoms. The molecule has 1 aromatic carbocycles. The molecule has 6 nitrogen and oxygen atoms in total. The molecule has 0 aliphatic carbocycles. The topological polar surface area (TPSA) is 69.0 Å². The lowest BCUT2D eigenvalue weighted by atomic mass is 10.2. The highest BCUT2D eigenvalue weighted by atomic mass is 79.9. The first-order valence-electron chi connectivity index (χ1n) is 7.98. The monoisotopic (exact) mass is 429 g/mol. The first-order chi connectivity index (χ1) is 12.0. The van der Waals surface area contributed by atoms with E-state index in [0.717, 1.165) is 12.8 Å². The molecule has 1 aromatic heterocycles. The van der Waals surface area contributed by atoms with Crippen LogP contribution in [0.25, 0.3) is 0 Å². The first-order valence-corrected chi connectivity index (χ1v) is 10.2. The molecule has 0 radical (unpaired) electrons. The van der Waals surface area contributed by atoms with Gasteiger partial charge in [0.2, 0.25) is 10.0 Å². The number of ether oxygens (including phenoxy) is 2. The highest BCUT2D eigenvalue weighted by Gasteiger charge is 2.32. The van der Waals surface area contributed by atoms with Gasteiger partial charge >= 0.3 is 0 Å². The Hall–Kier alpha value is -1.35. The largest absolute Gasteiger partial charge is 0.495 e. The molecular weight excluding hydrogens is 410 g/mol. The Labute approximate surface area is 155 Å². The summed E-state index contributed by atoms with van der Waals surface area (Å²) in [7, 11) is -2.33. The number of halogens is 1. The van der Waals surface area contributed by atoms with Crippen LogP contribution >= 0.6 is 15.9 Å². The number of hydrogen-bond donors (Lipinski definition) is 0. The molecule has 1 saturated heterocycles. The fraction of sp³-hybridized carbons (Fsp3) is 0.412. The van der Waals surface area contributed by atoms with E-state index in [-0.39, 0.29) is 24.1 Å². The van der Waals surface area contributed by atoms with Gasteiger partial charge in [0.1, 0.15) is 16.4 Å². The number of methoxy groups -OCH3 is 1. The van der Waals surface area contributed by atoms with Gasteiger partial charge in [-0.25, -0.2) is 8.42 Å². The maximum atomic E-state index is 13.3. The Morgan fingerprint density at radius 1 is 1.36 bits per heavy atom. The SMILES string of the molecule is COc1ccc(Br)cc1S(=O)(=O)N(Cc1ccco1)CC1CCCO1. The summed E-state index contributed by atoms with van der Waals surface area (Å²) >= 11 is 3.33. The average molecular weight is 430 g/mol. The zero-order valence-electron chi connectivity index (χ0n) is 13.9. The van der Waals surface area contributed by atoms with Crippen LogP contribution in [0.5, 0.6) is 5.75 Å². The zero-order chi connectivity index (χ0) is 17.9. The van der Waals surface area contributed by atoms with Crippen molar-refractivity contribution in [2.24, 2.45) is 0 Å². The molecule has 0 spiro atoms. The predicted octanol–water partition coefficient (Wildman–Crippen LogP) is 3.42. The normalized spacial score (nSPS) is 18.0. The predicted molar refractivity (Wildman–Crippen MR) is 96.0 cm³/mol. The maximum absolute atomic E-state index is 13.3. The molecule has 1 atom stereocenters. The highest BCUT2D eigenvalue weighted by Crippen LogP contribution is 2.31. The first kappa shape index (κ1) is 18.4. The Balaban J connectivity index is 1.96. The van der Waals surface area contributed by atoms with Gasteiger partial charge in [0.25, 0.3) is 0 Å². The molecule has 0 N–H and O–H groups in total. The molecule has 0 amide bonds. The molecule has 3 rings (SSSR count). The van der Waals surface area contributed by atoms with E-state index in [1.54, 1.807) is 30.3 Å².